The van der Waals surface area contributed by atoms with Gasteiger partial charge in [-0.05, 0) is 48.9 Å². The summed E-state index contributed by atoms with van der Waals surface area (Å²) in [7, 11) is 0. The largest absolute Gasteiger partial charge is 0.378 e. The number of aliphatic imine (C=N–C) groups is 1. The quantitative estimate of drug-likeness (QED) is 0.703. The van der Waals surface area contributed by atoms with Crippen LogP contribution in [-0.4, -0.2) is 27.2 Å². The molecule has 1 aliphatic heterocycles. The number of fused-ring (bicyclic) bond motifs is 1. The molecule has 0 spiro atoms. The van der Waals surface area contributed by atoms with E-state index in [-0.39, 0.29) is 23.4 Å². The van der Waals surface area contributed by atoms with Gasteiger partial charge < -0.3 is 11.1 Å². The van der Waals surface area contributed by atoms with E-state index in [0.29, 0.717) is 5.69 Å². The first-order valence-corrected chi connectivity index (χ1v) is 10.00. The Labute approximate surface area is 163 Å². The number of carbonyl (C=O) groups excluding carboxylic acids is 2. The lowest BCUT2D eigenvalue weighted by atomic mass is 10.2. The summed E-state index contributed by atoms with van der Waals surface area (Å²) >= 11 is 2.77. The fraction of sp³-hybridized carbons (Fsp3) is 0.158. The van der Waals surface area contributed by atoms with Crippen LogP contribution in [0.25, 0.3) is 20.8 Å². The Balaban J connectivity index is 1.44. The van der Waals surface area contributed by atoms with Gasteiger partial charge in [-0.2, -0.15) is 4.99 Å². The molecule has 1 atom stereocenters. The minimum absolute atomic E-state index is 0.0483. The van der Waals surface area contributed by atoms with Crippen molar-refractivity contribution in [2.75, 3.05) is 5.32 Å². The first-order chi connectivity index (χ1) is 13.0. The second kappa shape index (κ2) is 7.13. The molecule has 0 fully saturated rings. The predicted octanol–water partition coefficient (Wildman–Crippen LogP) is 3.56. The van der Waals surface area contributed by atoms with E-state index in [9.17, 15) is 9.59 Å². The molecular weight excluding hydrogens is 380 g/mol. The number of amidine groups is 1. The summed E-state index contributed by atoms with van der Waals surface area (Å²) in [6, 6.07) is 13.7. The molecule has 0 saturated heterocycles. The van der Waals surface area contributed by atoms with Crippen LogP contribution in [0.3, 0.4) is 0 Å². The predicted molar refractivity (Wildman–Crippen MR) is 111 cm³/mol. The van der Waals surface area contributed by atoms with E-state index in [1.165, 1.54) is 5.56 Å². The average Bonchev–Trinajstić information content (AvgIpc) is 3.17. The van der Waals surface area contributed by atoms with Crippen LogP contribution in [-0.2, 0) is 9.59 Å². The molecule has 27 heavy (non-hydrogen) atoms. The number of carbonyl (C=O) groups is 2. The van der Waals surface area contributed by atoms with Crippen LogP contribution in [0.15, 0.2) is 47.5 Å². The molecule has 4 rings (SSSR count). The molecule has 0 radical (unpaired) electrons. The molecule has 0 aliphatic carbocycles. The van der Waals surface area contributed by atoms with Crippen LogP contribution >= 0.6 is 23.1 Å². The molecule has 1 aromatic heterocycles. The van der Waals surface area contributed by atoms with Crippen molar-refractivity contribution in [2.45, 2.75) is 18.6 Å². The van der Waals surface area contributed by atoms with Crippen molar-refractivity contribution in [1.82, 2.24) is 4.98 Å². The zero-order valence-electron chi connectivity index (χ0n) is 14.4. The molecule has 2 aromatic carbocycles. The summed E-state index contributed by atoms with van der Waals surface area (Å²) in [6.07, 6.45) is 0.0483. The lowest BCUT2D eigenvalue weighted by Crippen LogP contribution is -2.21. The third-order valence-electron chi connectivity index (χ3n) is 4.09. The van der Waals surface area contributed by atoms with Crippen molar-refractivity contribution in [1.29, 1.82) is 0 Å². The van der Waals surface area contributed by atoms with E-state index in [4.69, 9.17) is 5.73 Å². The second-order valence-electron chi connectivity index (χ2n) is 6.21. The zero-order chi connectivity index (χ0) is 19.0. The van der Waals surface area contributed by atoms with Gasteiger partial charge in [-0.25, -0.2) is 4.98 Å². The number of aryl methyl sites for hydroxylation is 1. The summed E-state index contributed by atoms with van der Waals surface area (Å²) in [6.45, 7) is 2.06. The number of rotatable bonds is 4. The van der Waals surface area contributed by atoms with E-state index >= 15 is 0 Å². The van der Waals surface area contributed by atoms with Gasteiger partial charge in [0.15, 0.2) is 5.17 Å². The first kappa shape index (κ1) is 17.7. The summed E-state index contributed by atoms with van der Waals surface area (Å²) in [5.41, 5.74) is 9.37. The number of thioether (sulfide) groups is 1. The lowest BCUT2D eigenvalue weighted by Gasteiger charge is -2.08. The molecule has 1 aliphatic rings. The number of nitrogens with zero attached hydrogens (tertiary/aromatic N) is 2. The number of thiazole rings is 1. The molecule has 6 nitrogen and oxygen atoms in total. The number of hydrogen-bond acceptors (Lipinski definition) is 6. The smallest absolute Gasteiger partial charge is 0.262 e. The minimum Gasteiger partial charge on any atom is -0.378 e. The summed E-state index contributed by atoms with van der Waals surface area (Å²) in [5, 5.41) is 3.43. The fourth-order valence-electron chi connectivity index (χ4n) is 2.76. The van der Waals surface area contributed by atoms with Gasteiger partial charge in [0.25, 0.3) is 5.91 Å². The van der Waals surface area contributed by atoms with Crippen LogP contribution in [0.1, 0.15) is 12.0 Å². The molecule has 3 N–H and O–H groups in total. The van der Waals surface area contributed by atoms with Crippen molar-refractivity contribution in [3.8, 4) is 10.6 Å². The van der Waals surface area contributed by atoms with Crippen LogP contribution in [0, 0.1) is 6.92 Å². The third kappa shape index (κ3) is 3.86. The maximum atomic E-state index is 12.1. The van der Waals surface area contributed by atoms with Crippen molar-refractivity contribution >= 4 is 56.0 Å². The number of nitrogens with one attached hydrogen (secondary N) is 1. The third-order valence-corrected chi connectivity index (χ3v) is 6.14. The Morgan fingerprint density at radius 1 is 1.22 bits per heavy atom. The average molecular weight is 396 g/mol. The molecule has 2 amide bonds. The Morgan fingerprint density at radius 3 is 2.70 bits per heavy atom. The number of anilines is 1. The van der Waals surface area contributed by atoms with Gasteiger partial charge in [0, 0.05) is 17.7 Å². The number of aromatic nitrogens is 1. The number of benzene rings is 2. The van der Waals surface area contributed by atoms with Crippen LogP contribution < -0.4 is 11.1 Å². The van der Waals surface area contributed by atoms with E-state index in [0.717, 1.165) is 32.5 Å². The topological polar surface area (TPSA) is 97.4 Å². The van der Waals surface area contributed by atoms with Crippen molar-refractivity contribution in [3.63, 3.8) is 0 Å². The molecule has 0 unspecified atom stereocenters. The van der Waals surface area contributed by atoms with E-state index < -0.39 is 5.25 Å². The molecule has 0 saturated carbocycles. The van der Waals surface area contributed by atoms with Gasteiger partial charge in [0.2, 0.25) is 5.91 Å². The van der Waals surface area contributed by atoms with E-state index in [2.05, 4.69) is 34.3 Å². The molecule has 0 bridgehead atoms. The molecule has 8 heteroatoms. The summed E-state index contributed by atoms with van der Waals surface area (Å²) in [4.78, 5) is 32.0. The van der Waals surface area contributed by atoms with Crippen LogP contribution in [0.2, 0.25) is 0 Å². The monoisotopic (exact) mass is 396 g/mol. The van der Waals surface area contributed by atoms with Crippen LogP contribution in [0.4, 0.5) is 5.69 Å². The Kier molecular flexibility index (Phi) is 4.67. The van der Waals surface area contributed by atoms with Crippen molar-refractivity contribution < 1.29 is 9.59 Å². The molecule has 2 heterocycles. The zero-order valence-corrected chi connectivity index (χ0v) is 16.1. The van der Waals surface area contributed by atoms with Gasteiger partial charge in [0.05, 0.1) is 10.2 Å². The van der Waals surface area contributed by atoms with E-state index in [1.807, 2.05) is 30.3 Å². The van der Waals surface area contributed by atoms with Crippen molar-refractivity contribution in [2.24, 2.45) is 10.7 Å². The molecule has 136 valence electrons. The number of nitrogens with two attached hydrogens (primary N) is 1. The van der Waals surface area contributed by atoms with Gasteiger partial charge in [0.1, 0.15) is 10.3 Å². The standard InChI is InChI=1S/C19H16N4O2S2/c1-10-2-7-13-14(8-10)26-18(22-13)11-3-5-12(6-4-11)21-16(24)9-15-17(25)23-19(20)27-15/h2-8,15H,9H2,1H3,(H,21,24)(H2,20,23,25)/t15-/m0/s1. The highest BCUT2D eigenvalue weighted by molar-refractivity contribution is 8.15. The van der Waals surface area contributed by atoms with Crippen molar-refractivity contribution in [3.05, 3.63) is 48.0 Å². The molecule has 3 aromatic rings. The number of amides is 2. The first-order valence-electron chi connectivity index (χ1n) is 8.30. The van der Waals surface area contributed by atoms with E-state index in [1.54, 1.807) is 11.3 Å². The number of hydrogen-bond donors (Lipinski definition) is 2. The second-order valence-corrected chi connectivity index (χ2v) is 8.47. The van der Waals surface area contributed by atoms with Gasteiger partial charge in [-0.15, -0.1) is 11.3 Å². The lowest BCUT2D eigenvalue weighted by molar-refractivity contribution is -0.121. The minimum atomic E-state index is -0.532. The fourth-order valence-corrected chi connectivity index (χ4v) is 4.66. The maximum Gasteiger partial charge on any atom is 0.262 e. The van der Waals surface area contributed by atoms with Gasteiger partial charge in [-0.3, -0.25) is 9.59 Å². The normalized spacial score (nSPS) is 16.6. The molecular formula is C19H16N4O2S2. The van der Waals surface area contributed by atoms with Gasteiger partial charge in [-0.1, -0.05) is 17.8 Å². The summed E-state index contributed by atoms with van der Waals surface area (Å²) in [5.74, 6) is -0.594. The summed E-state index contributed by atoms with van der Waals surface area (Å²) < 4.78 is 1.16. The highest BCUT2D eigenvalue weighted by atomic mass is 32.2. The van der Waals surface area contributed by atoms with Gasteiger partial charge >= 0.3 is 0 Å². The maximum absolute atomic E-state index is 12.1. The highest BCUT2D eigenvalue weighted by Crippen LogP contribution is 2.31. The Bertz CT molecular complexity index is 1070. The SMILES string of the molecule is Cc1ccc2nc(-c3ccc(NC(=O)C[C@@H]4SC(N)=NC4=O)cc3)sc2c1. The Hall–Kier alpha value is -2.71. The van der Waals surface area contributed by atoms with Crippen LogP contribution in [0.5, 0.6) is 0 Å². The Morgan fingerprint density at radius 2 is 2.00 bits per heavy atom. The highest BCUT2D eigenvalue weighted by Gasteiger charge is 2.29.